The third-order valence-electron chi connectivity index (χ3n) is 4.21. The first-order valence-corrected chi connectivity index (χ1v) is 8.41. The van der Waals surface area contributed by atoms with Gasteiger partial charge in [-0.05, 0) is 12.0 Å². The summed E-state index contributed by atoms with van der Waals surface area (Å²) in [6.07, 6.45) is 2.98. The van der Waals surface area contributed by atoms with Crippen LogP contribution in [0.2, 0.25) is 0 Å². The van der Waals surface area contributed by atoms with E-state index in [4.69, 9.17) is 0 Å². The van der Waals surface area contributed by atoms with Crippen LogP contribution in [0.5, 0.6) is 0 Å². The second kappa shape index (κ2) is 7.42. The van der Waals surface area contributed by atoms with Crippen molar-refractivity contribution >= 4 is 5.91 Å². The van der Waals surface area contributed by atoms with Gasteiger partial charge in [-0.3, -0.25) is 9.48 Å². The molecule has 23 heavy (non-hydrogen) atoms. The Kier molecular flexibility index (Phi) is 5.08. The lowest BCUT2D eigenvalue weighted by atomic mass is 10.1. The van der Waals surface area contributed by atoms with E-state index >= 15 is 0 Å². The Morgan fingerprint density at radius 3 is 2.96 bits per heavy atom. The first kappa shape index (κ1) is 15.7. The van der Waals surface area contributed by atoms with Gasteiger partial charge in [0.1, 0.15) is 0 Å². The molecule has 2 aromatic rings. The molecule has 2 heterocycles. The highest BCUT2D eigenvalue weighted by molar-refractivity contribution is 5.94. The van der Waals surface area contributed by atoms with Crippen molar-refractivity contribution in [2.24, 2.45) is 0 Å². The minimum absolute atomic E-state index is 0.0507. The van der Waals surface area contributed by atoms with Crippen LogP contribution in [-0.4, -0.2) is 28.8 Å². The monoisotopic (exact) mass is 312 g/mol. The Labute approximate surface area is 137 Å². The number of unbranched alkanes of at least 4 members (excludes halogenated alkanes) is 1. The molecule has 1 aliphatic rings. The van der Waals surface area contributed by atoms with Crippen LogP contribution in [-0.2, 0) is 19.5 Å². The average molecular weight is 312 g/mol. The van der Waals surface area contributed by atoms with Crippen molar-refractivity contribution in [1.29, 1.82) is 0 Å². The zero-order valence-corrected chi connectivity index (χ0v) is 13.6. The van der Waals surface area contributed by atoms with Crippen molar-refractivity contribution < 1.29 is 4.79 Å². The maximum Gasteiger partial charge on any atom is 0.272 e. The molecule has 1 aromatic carbocycles. The fourth-order valence-corrected chi connectivity index (χ4v) is 2.95. The molecule has 5 nitrogen and oxygen atoms in total. The number of carbonyl (C=O) groups excluding carboxylic acids is 1. The Morgan fingerprint density at radius 2 is 2.17 bits per heavy atom. The van der Waals surface area contributed by atoms with Crippen LogP contribution in [0.3, 0.4) is 0 Å². The quantitative estimate of drug-likeness (QED) is 0.803. The van der Waals surface area contributed by atoms with E-state index in [9.17, 15) is 4.79 Å². The van der Waals surface area contributed by atoms with Crippen molar-refractivity contribution in [1.82, 2.24) is 20.4 Å². The predicted octanol–water partition coefficient (Wildman–Crippen LogP) is 2.11. The van der Waals surface area contributed by atoms with Gasteiger partial charge in [-0.1, -0.05) is 43.7 Å². The number of amides is 1. The molecule has 1 aliphatic heterocycles. The minimum Gasteiger partial charge on any atom is -0.351 e. The molecule has 2 N–H and O–H groups in total. The van der Waals surface area contributed by atoms with Crippen LogP contribution in [0.25, 0.3) is 0 Å². The topological polar surface area (TPSA) is 59.0 Å². The van der Waals surface area contributed by atoms with Gasteiger partial charge in [0.15, 0.2) is 5.69 Å². The van der Waals surface area contributed by atoms with E-state index in [1.807, 2.05) is 22.9 Å². The van der Waals surface area contributed by atoms with Crippen LogP contribution < -0.4 is 10.6 Å². The summed E-state index contributed by atoms with van der Waals surface area (Å²) >= 11 is 0. The second-order valence-corrected chi connectivity index (χ2v) is 5.95. The number of nitrogens with one attached hydrogen (secondary N) is 2. The zero-order chi connectivity index (χ0) is 16.1. The molecule has 0 saturated carbocycles. The van der Waals surface area contributed by atoms with Crippen molar-refractivity contribution in [3.8, 4) is 0 Å². The minimum atomic E-state index is -0.0507. The Hall–Kier alpha value is -2.14. The van der Waals surface area contributed by atoms with Crippen LogP contribution in [0, 0.1) is 0 Å². The second-order valence-electron chi connectivity index (χ2n) is 5.95. The first-order valence-electron chi connectivity index (χ1n) is 8.41. The maximum atomic E-state index is 12.4. The smallest absolute Gasteiger partial charge is 0.272 e. The number of hydrogen-bond donors (Lipinski definition) is 2. The van der Waals surface area contributed by atoms with Gasteiger partial charge in [0.25, 0.3) is 5.91 Å². The van der Waals surface area contributed by atoms with Crippen molar-refractivity contribution in [2.75, 3.05) is 13.1 Å². The highest BCUT2D eigenvalue weighted by atomic mass is 16.1. The fraction of sp³-hybridized carbons (Fsp3) is 0.444. The van der Waals surface area contributed by atoms with Gasteiger partial charge in [-0.15, -0.1) is 0 Å². The number of hydrogen-bond acceptors (Lipinski definition) is 3. The van der Waals surface area contributed by atoms with E-state index in [1.165, 1.54) is 11.3 Å². The zero-order valence-electron chi connectivity index (χ0n) is 13.6. The van der Waals surface area contributed by atoms with E-state index in [0.29, 0.717) is 18.8 Å². The SMILES string of the molecule is CCCCNC(=O)c1nn(Cc2ccccc2)c2c1CNCC2. The van der Waals surface area contributed by atoms with Gasteiger partial charge in [-0.25, -0.2) is 0 Å². The number of nitrogens with zero attached hydrogens (tertiary/aromatic N) is 2. The van der Waals surface area contributed by atoms with Gasteiger partial charge in [0.2, 0.25) is 0 Å². The lowest BCUT2D eigenvalue weighted by Gasteiger charge is -2.15. The molecule has 3 rings (SSSR count). The molecule has 122 valence electrons. The Morgan fingerprint density at radius 1 is 1.35 bits per heavy atom. The molecule has 5 heteroatoms. The number of carbonyl (C=O) groups is 1. The molecule has 0 atom stereocenters. The molecule has 1 aromatic heterocycles. The maximum absolute atomic E-state index is 12.4. The predicted molar refractivity (Wildman–Crippen MR) is 90.4 cm³/mol. The van der Waals surface area contributed by atoms with Crippen LogP contribution >= 0.6 is 0 Å². The molecule has 1 amide bonds. The summed E-state index contributed by atoms with van der Waals surface area (Å²) in [5, 5.41) is 11.0. The summed E-state index contributed by atoms with van der Waals surface area (Å²) in [6.45, 7) is 5.20. The van der Waals surface area contributed by atoms with E-state index in [1.54, 1.807) is 0 Å². The molecule has 0 fully saturated rings. The Balaban J connectivity index is 1.84. The molecular formula is C18H24N4O. The average Bonchev–Trinajstić information content (AvgIpc) is 2.95. The van der Waals surface area contributed by atoms with Crippen molar-refractivity contribution in [3.05, 3.63) is 52.8 Å². The van der Waals surface area contributed by atoms with Gasteiger partial charge in [0, 0.05) is 37.3 Å². The Bertz CT molecular complexity index is 663. The standard InChI is InChI=1S/C18H24N4O/c1-2-3-10-20-18(23)17-15-12-19-11-9-16(15)22(21-17)13-14-7-5-4-6-8-14/h4-8,19H,2-3,9-13H2,1H3,(H,20,23). The molecule has 0 spiro atoms. The highest BCUT2D eigenvalue weighted by Crippen LogP contribution is 2.19. The summed E-state index contributed by atoms with van der Waals surface area (Å²) in [5.41, 5.74) is 4.03. The summed E-state index contributed by atoms with van der Waals surface area (Å²) < 4.78 is 2.00. The number of aromatic nitrogens is 2. The van der Waals surface area contributed by atoms with Crippen molar-refractivity contribution in [2.45, 2.75) is 39.3 Å². The van der Waals surface area contributed by atoms with Crippen LogP contribution in [0.1, 0.15) is 47.1 Å². The van der Waals surface area contributed by atoms with Gasteiger partial charge >= 0.3 is 0 Å². The van der Waals surface area contributed by atoms with E-state index < -0.39 is 0 Å². The van der Waals surface area contributed by atoms with Crippen LogP contribution in [0.4, 0.5) is 0 Å². The van der Waals surface area contributed by atoms with Gasteiger partial charge in [-0.2, -0.15) is 5.10 Å². The van der Waals surface area contributed by atoms with E-state index in [-0.39, 0.29) is 5.91 Å². The van der Waals surface area contributed by atoms with Gasteiger partial charge in [0.05, 0.1) is 6.54 Å². The summed E-state index contributed by atoms with van der Waals surface area (Å²) in [4.78, 5) is 12.4. The molecule has 0 radical (unpaired) electrons. The normalized spacial score (nSPS) is 13.6. The lowest BCUT2D eigenvalue weighted by molar-refractivity contribution is 0.0946. The van der Waals surface area contributed by atoms with E-state index in [2.05, 4.69) is 34.8 Å². The first-order chi connectivity index (χ1) is 11.3. The van der Waals surface area contributed by atoms with E-state index in [0.717, 1.165) is 37.9 Å². The molecule has 0 bridgehead atoms. The number of benzene rings is 1. The van der Waals surface area contributed by atoms with Gasteiger partial charge < -0.3 is 10.6 Å². The third-order valence-corrected chi connectivity index (χ3v) is 4.21. The summed E-state index contributed by atoms with van der Waals surface area (Å²) in [5.74, 6) is -0.0507. The van der Waals surface area contributed by atoms with Crippen LogP contribution in [0.15, 0.2) is 30.3 Å². The number of fused-ring (bicyclic) bond motifs is 1. The molecular weight excluding hydrogens is 288 g/mol. The third kappa shape index (κ3) is 3.62. The lowest BCUT2D eigenvalue weighted by Crippen LogP contribution is -2.29. The summed E-state index contributed by atoms with van der Waals surface area (Å²) in [6, 6.07) is 10.3. The fourth-order valence-electron chi connectivity index (χ4n) is 2.95. The molecule has 0 unspecified atom stereocenters. The number of rotatable bonds is 6. The molecule has 0 saturated heterocycles. The summed E-state index contributed by atoms with van der Waals surface area (Å²) in [7, 11) is 0. The highest BCUT2D eigenvalue weighted by Gasteiger charge is 2.24. The molecule has 0 aliphatic carbocycles. The largest absolute Gasteiger partial charge is 0.351 e. The van der Waals surface area contributed by atoms with Crippen molar-refractivity contribution in [3.63, 3.8) is 0 Å².